The zero-order valence-corrected chi connectivity index (χ0v) is 8.86. The maximum atomic E-state index is 13.4. The number of thiazole rings is 1. The summed E-state index contributed by atoms with van der Waals surface area (Å²) in [5, 5.41) is 0.753. The fraction of sp³-hybridized carbons (Fsp3) is 0.182. The number of hydrogen-bond donors (Lipinski definition) is 0. The highest BCUT2D eigenvalue weighted by atomic mass is 32.1. The van der Waals surface area contributed by atoms with E-state index in [9.17, 15) is 4.39 Å². The van der Waals surface area contributed by atoms with E-state index >= 15 is 0 Å². The van der Waals surface area contributed by atoms with Gasteiger partial charge in [0, 0.05) is 16.6 Å². The average molecular weight is 207 g/mol. The van der Waals surface area contributed by atoms with Crippen LogP contribution in [0, 0.1) is 19.7 Å². The van der Waals surface area contributed by atoms with Crippen LogP contribution in [0.1, 0.15) is 10.4 Å². The van der Waals surface area contributed by atoms with Crippen LogP contribution >= 0.6 is 11.3 Å². The Morgan fingerprint density at radius 2 is 2.07 bits per heavy atom. The van der Waals surface area contributed by atoms with Gasteiger partial charge in [-0.1, -0.05) is 11.6 Å². The van der Waals surface area contributed by atoms with Crippen molar-refractivity contribution in [2.24, 2.45) is 0 Å². The summed E-state index contributed by atoms with van der Waals surface area (Å²) in [5.74, 6) is -0.204. The second kappa shape index (κ2) is 3.50. The molecule has 0 amide bonds. The molecule has 0 saturated heterocycles. The Hall–Kier alpha value is -1.22. The summed E-state index contributed by atoms with van der Waals surface area (Å²) in [6, 6.07) is 5.08. The van der Waals surface area contributed by atoms with E-state index in [1.165, 1.54) is 17.4 Å². The van der Waals surface area contributed by atoms with Crippen LogP contribution in [0.3, 0.4) is 0 Å². The Morgan fingerprint density at radius 1 is 1.29 bits per heavy atom. The molecule has 0 atom stereocenters. The first-order valence-electron chi connectivity index (χ1n) is 4.36. The minimum Gasteiger partial charge on any atom is -0.244 e. The highest BCUT2D eigenvalue weighted by Gasteiger charge is 2.08. The molecule has 0 bridgehead atoms. The molecule has 0 saturated carbocycles. The summed E-state index contributed by atoms with van der Waals surface area (Å²) in [7, 11) is 0. The Labute approximate surface area is 86.2 Å². The van der Waals surface area contributed by atoms with Gasteiger partial charge in [0.2, 0.25) is 0 Å². The Kier molecular flexibility index (Phi) is 2.33. The molecule has 0 aliphatic heterocycles. The zero-order chi connectivity index (χ0) is 10.1. The van der Waals surface area contributed by atoms with Crippen molar-refractivity contribution in [3.8, 4) is 10.6 Å². The molecule has 72 valence electrons. The summed E-state index contributed by atoms with van der Waals surface area (Å²) in [4.78, 5) is 5.26. The van der Waals surface area contributed by atoms with Gasteiger partial charge in [0.25, 0.3) is 0 Å². The van der Waals surface area contributed by atoms with Gasteiger partial charge in [-0.05, 0) is 26.0 Å². The van der Waals surface area contributed by atoms with Crippen molar-refractivity contribution in [1.29, 1.82) is 0 Å². The summed E-state index contributed by atoms with van der Waals surface area (Å²) < 4.78 is 13.4. The van der Waals surface area contributed by atoms with Gasteiger partial charge in [0.15, 0.2) is 0 Å². The molecule has 1 nitrogen and oxygen atoms in total. The van der Waals surface area contributed by atoms with E-state index in [2.05, 4.69) is 4.98 Å². The molecule has 2 aromatic rings. The maximum Gasteiger partial charge on any atom is 0.133 e. The molecular weight excluding hydrogens is 197 g/mol. The molecule has 0 aliphatic rings. The minimum atomic E-state index is -0.204. The van der Waals surface area contributed by atoms with E-state index in [1.807, 2.05) is 19.9 Å². The van der Waals surface area contributed by atoms with Crippen molar-refractivity contribution in [2.75, 3.05) is 0 Å². The van der Waals surface area contributed by atoms with E-state index < -0.39 is 0 Å². The first kappa shape index (κ1) is 9.34. The van der Waals surface area contributed by atoms with Gasteiger partial charge in [0.05, 0.1) is 0 Å². The monoisotopic (exact) mass is 207 g/mol. The van der Waals surface area contributed by atoms with Crippen LogP contribution in [0.15, 0.2) is 24.4 Å². The molecule has 3 heteroatoms. The van der Waals surface area contributed by atoms with Crippen molar-refractivity contribution in [1.82, 2.24) is 4.98 Å². The smallest absolute Gasteiger partial charge is 0.133 e. The normalized spacial score (nSPS) is 10.5. The van der Waals surface area contributed by atoms with Crippen LogP contribution in [0.4, 0.5) is 4.39 Å². The number of rotatable bonds is 1. The third kappa shape index (κ3) is 1.68. The predicted octanol–water partition coefficient (Wildman–Crippen LogP) is 3.57. The first-order valence-corrected chi connectivity index (χ1v) is 5.17. The van der Waals surface area contributed by atoms with Crippen molar-refractivity contribution in [3.05, 3.63) is 40.7 Å². The molecule has 1 heterocycles. The lowest BCUT2D eigenvalue weighted by Crippen LogP contribution is -1.84. The van der Waals surface area contributed by atoms with Crippen LogP contribution in [0.2, 0.25) is 0 Å². The van der Waals surface area contributed by atoms with Crippen LogP contribution in [0.5, 0.6) is 0 Å². The van der Waals surface area contributed by atoms with Crippen LogP contribution in [-0.4, -0.2) is 4.98 Å². The molecule has 14 heavy (non-hydrogen) atoms. The third-order valence-electron chi connectivity index (χ3n) is 1.97. The quantitative estimate of drug-likeness (QED) is 0.696. The van der Waals surface area contributed by atoms with Crippen molar-refractivity contribution < 1.29 is 4.39 Å². The fourth-order valence-corrected chi connectivity index (χ4v) is 2.06. The van der Waals surface area contributed by atoms with Gasteiger partial charge in [-0.3, -0.25) is 0 Å². The number of benzene rings is 1. The van der Waals surface area contributed by atoms with Crippen molar-refractivity contribution in [3.63, 3.8) is 0 Å². The van der Waals surface area contributed by atoms with Crippen LogP contribution in [-0.2, 0) is 0 Å². The topological polar surface area (TPSA) is 12.9 Å². The molecule has 0 N–H and O–H groups in total. The van der Waals surface area contributed by atoms with E-state index in [1.54, 1.807) is 12.3 Å². The average Bonchev–Trinajstić information content (AvgIpc) is 2.56. The van der Waals surface area contributed by atoms with Gasteiger partial charge in [0.1, 0.15) is 10.8 Å². The molecule has 0 aliphatic carbocycles. The number of hydrogen-bond acceptors (Lipinski definition) is 2. The van der Waals surface area contributed by atoms with Gasteiger partial charge in [-0.15, -0.1) is 11.3 Å². The SMILES string of the molecule is Cc1ccc(F)c(-c2ncc(C)s2)c1. The summed E-state index contributed by atoms with van der Waals surface area (Å²) >= 11 is 1.51. The lowest BCUT2D eigenvalue weighted by Gasteiger charge is -1.99. The number of aromatic nitrogens is 1. The predicted molar refractivity (Wildman–Crippen MR) is 57.0 cm³/mol. The zero-order valence-electron chi connectivity index (χ0n) is 8.04. The van der Waals surface area contributed by atoms with E-state index in [0.29, 0.717) is 5.56 Å². The van der Waals surface area contributed by atoms with Gasteiger partial charge >= 0.3 is 0 Å². The van der Waals surface area contributed by atoms with E-state index in [0.717, 1.165) is 15.4 Å². The summed E-state index contributed by atoms with van der Waals surface area (Å²) in [6.07, 6.45) is 1.77. The highest BCUT2D eigenvalue weighted by molar-refractivity contribution is 7.14. The summed E-state index contributed by atoms with van der Waals surface area (Å²) in [6.45, 7) is 3.91. The lowest BCUT2D eigenvalue weighted by molar-refractivity contribution is 0.631. The number of nitrogens with zero attached hydrogens (tertiary/aromatic N) is 1. The fourth-order valence-electron chi connectivity index (χ4n) is 1.28. The van der Waals surface area contributed by atoms with E-state index in [4.69, 9.17) is 0 Å². The molecule has 1 aromatic heterocycles. The third-order valence-corrected chi connectivity index (χ3v) is 2.92. The van der Waals surface area contributed by atoms with Crippen LogP contribution in [0.25, 0.3) is 10.6 Å². The molecule has 0 radical (unpaired) electrons. The van der Waals surface area contributed by atoms with Gasteiger partial charge < -0.3 is 0 Å². The number of halogens is 1. The summed E-state index contributed by atoms with van der Waals surface area (Å²) in [5.41, 5.74) is 1.65. The lowest BCUT2D eigenvalue weighted by atomic mass is 10.1. The second-order valence-electron chi connectivity index (χ2n) is 3.26. The van der Waals surface area contributed by atoms with Gasteiger partial charge in [-0.2, -0.15) is 0 Å². The largest absolute Gasteiger partial charge is 0.244 e. The molecule has 2 rings (SSSR count). The standard InChI is InChI=1S/C11H10FNS/c1-7-3-4-10(12)9(5-7)11-13-6-8(2)14-11/h3-6H,1-2H3. The number of aryl methyl sites for hydroxylation is 2. The molecule has 0 spiro atoms. The highest BCUT2D eigenvalue weighted by Crippen LogP contribution is 2.27. The molecule has 0 fully saturated rings. The Balaban J connectivity index is 2.55. The molecular formula is C11H10FNS. The van der Waals surface area contributed by atoms with Crippen LogP contribution < -0.4 is 0 Å². The Bertz CT molecular complexity index is 462. The van der Waals surface area contributed by atoms with Crippen molar-refractivity contribution in [2.45, 2.75) is 13.8 Å². The molecule has 0 unspecified atom stereocenters. The minimum absolute atomic E-state index is 0.204. The van der Waals surface area contributed by atoms with Gasteiger partial charge in [-0.25, -0.2) is 9.37 Å². The second-order valence-corrected chi connectivity index (χ2v) is 4.49. The first-order chi connectivity index (χ1) is 6.66. The van der Waals surface area contributed by atoms with Crippen molar-refractivity contribution >= 4 is 11.3 Å². The maximum absolute atomic E-state index is 13.4. The molecule has 1 aromatic carbocycles. The van der Waals surface area contributed by atoms with E-state index in [-0.39, 0.29) is 5.82 Å². The Morgan fingerprint density at radius 3 is 2.71 bits per heavy atom.